The highest BCUT2D eigenvalue weighted by Gasteiger charge is 2.47. The Morgan fingerprint density at radius 2 is 2.00 bits per heavy atom. The van der Waals surface area contributed by atoms with Crippen LogP contribution in [-0.4, -0.2) is 3.79 Å². The third-order valence-corrected chi connectivity index (χ3v) is 4.20. The molecule has 2 unspecified atom stereocenters. The van der Waals surface area contributed by atoms with Crippen molar-refractivity contribution < 1.29 is 0 Å². The first kappa shape index (κ1) is 13.0. The fraction of sp³-hybridized carbons (Fsp3) is 0.600. The molecule has 0 aromatic heterocycles. The van der Waals surface area contributed by atoms with Gasteiger partial charge in [0, 0.05) is 5.41 Å². The van der Waals surface area contributed by atoms with Crippen LogP contribution in [0.2, 0.25) is 0 Å². The number of halogens is 3. The molecule has 0 saturated heterocycles. The summed E-state index contributed by atoms with van der Waals surface area (Å²) in [5.74, 6) is -0.0543. The molecule has 84 valence electrons. The minimum Gasteiger partial charge on any atom is -0.145 e. The molecule has 1 rings (SSSR count). The van der Waals surface area contributed by atoms with E-state index in [0.717, 1.165) is 5.57 Å². The van der Waals surface area contributed by atoms with Crippen LogP contribution in [0.4, 0.5) is 0 Å². The van der Waals surface area contributed by atoms with Crippen LogP contribution in [0.3, 0.4) is 0 Å². The van der Waals surface area contributed by atoms with Gasteiger partial charge in [0.05, 0.1) is 0 Å². The number of rotatable bonds is 1. The molecule has 1 aliphatic carbocycles. The normalized spacial score (nSPS) is 32.0. The summed E-state index contributed by atoms with van der Waals surface area (Å²) in [6.45, 7) is 5.54. The van der Waals surface area contributed by atoms with E-state index in [1.807, 2.05) is 13.8 Å². The lowest BCUT2D eigenvalue weighted by atomic mass is 9.74. The van der Waals surface area contributed by atoms with Gasteiger partial charge in [-0.3, -0.25) is 0 Å². The minimum atomic E-state index is -1.40. The minimum absolute atomic E-state index is 0.0543. The number of hydrogen-bond donors (Lipinski definition) is 0. The molecule has 1 aliphatic rings. The van der Waals surface area contributed by atoms with Gasteiger partial charge in [0.25, 0.3) is 0 Å². The molecule has 0 heterocycles. The van der Waals surface area contributed by atoms with E-state index < -0.39 is 9.21 Å². The number of nitrogens with zero attached hydrogens (tertiary/aromatic N) is 1. The smallest absolute Gasteiger partial charge is 0.145 e. The van der Waals surface area contributed by atoms with E-state index in [9.17, 15) is 4.91 Å². The second-order valence-corrected chi connectivity index (χ2v) is 6.32. The van der Waals surface area contributed by atoms with Crippen LogP contribution in [0.25, 0.3) is 0 Å². The van der Waals surface area contributed by atoms with Gasteiger partial charge in [0.1, 0.15) is 5.70 Å². The van der Waals surface area contributed by atoms with Gasteiger partial charge in [-0.2, -0.15) is 0 Å². The zero-order chi connectivity index (χ0) is 11.9. The van der Waals surface area contributed by atoms with Crippen LogP contribution >= 0.6 is 34.8 Å². The van der Waals surface area contributed by atoms with E-state index in [1.165, 1.54) is 0 Å². The SMILES string of the molecule is CC1=CC(C)(C(Cl)(Cl)Cl)C(C)C=C1N=O. The average molecular weight is 269 g/mol. The Morgan fingerprint density at radius 3 is 2.40 bits per heavy atom. The van der Waals surface area contributed by atoms with Gasteiger partial charge in [0.15, 0.2) is 3.79 Å². The van der Waals surface area contributed by atoms with Crippen LogP contribution in [0.15, 0.2) is 28.6 Å². The van der Waals surface area contributed by atoms with E-state index in [0.29, 0.717) is 5.70 Å². The summed E-state index contributed by atoms with van der Waals surface area (Å²) in [6.07, 6.45) is 3.55. The molecule has 0 saturated carbocycles. The van der Waals surface area contributed by atoms with Gasteiger partial charge >= 0.3 is 0 Å². The van der Waals surface area contributed by atoms with Crippen LogP contribution < -0.4 is 0 Å². The first-order valence-electron chi connectivity index (χ1n) is 4.54. The first-order valence-corrected chi connectivity index (χ1v) is 5.67. The summed E-state index contributed by atoms with van der Waals surface area (Å²) in [5.41, 5.74) is 0.557. The van der Waals surface area contributed by atoms with Crippen LogP contribution in [0.5, 0.6) is 0 Å². The average Bonchev–Trinajstić information content (AvgIpc) is 2.09. The highest BCUT2D eigenvalue weighted by atomic mass is 35.6. The highest BCUT2D eigenvalue weighted by Crippen LogP contribution is 2.53. The molecule has 0 aliphatic heterocycles. The van der Waals surface area contributed by atoms with E-state index in [-0.39, 0.29) is 5.92 Å². The van der Waals surface area contributed by atoms with Gasteiger partial charge < -0.3 is 0 Å². The third-order valence-electron chi connectivity index (χ3n) is 2.98. The van der Waals surface area contributed by atoms with E-state index in [4.69, 9.17) is 34.8 Å². The zero-order valence-corrected chi connectivity index (χ0v) is 11.0. The van der Waals surface area contributed by atoms with E-state index >= 15 is 0 Å². The number of hydrogen-bond acceptors (Lipinski definition) is 2. The molecule has 15 heavy (non-hydrogen) atoms. The van der Waals surface area contributed by atoms with E-state index in [1.54, 1.807) is 19.1 Å². The van der Waals surface area contributed by atoms with Gasteiger partial charge in [-0.1, -0.05) is 60.8 Å². The lowest BCUT2D eigenvalue weighted by Crippen LogP contribution is -2.38. The molecule has 0 radical (unpaired) electrons. The summed E-state index contributed by atoms with van der Waals surface area (Å²) in [5, 5.41) is 2.94. The van der Waals surface area contributed by atoms with Crippen molar-refractivity contribution in [3.05, 3.63) is 28.3 Å². The topological polar surface area (TPSA) is 29.4 Å². The number of allylic oxidation sites excluding steroid dienone is 3. The Balaban J connectivity index is 3.20. The largest absolute Gasteiger partial charge is 0.199 e. The predicted molar refractivity (Wildman–Crippen MR) is 65.2 cm³/mol. The van der Waals surface area contributed by atoms with Gasteiger partial charge in [-0.15, -0.1) is 4.91 Å². The summed E-state index contributed by atoms with van der Waals surface area (Å²) in [7, 11) is 0. The highest BCUT2D eigenvalue weighted by molar-refractivity contribution is 6.68. The molecule has 5 heteroatoms. The summed E-state index contributed by atoms with van der Waals surface area (Å²) < 4.78 is -1.40. The van der Waals surface area contributed by atoms with Crippen molar-refractivity contribution in [1.29, 1.82) is 0 Å². The maximum absolute atomic E-state index is 10.5. The van der Waals surface area contributed by atoms with Crippen molar-refractivity contribution >= 4 is 34.8 Å². The Kier molecular flexibility index (Phi) is 3.54. The third kappa shape index (κ3) is 2.22. The summed E-state index contributed by atoms with van der Waals surface area (Å²) >= 11 is 17.9. The van der Waals surface area contributed by atoms with Crippen molar-refractivity contribution in [2.24, 2.45) is 16.5 Å². The van der Waals surface area contributed by atoms with Crippen molar-refractivity contribution in [2.45, 2.75) is 24.6 Å². The molecule has 0 bridgehead atoms. The standard InChI is InChI=1S/C10H12Cl3NO/c1-6-5-9(3,10(11,12)13)7(2)4-8(6)14-15/h4-5,7H,1-3H3. The molecule has 0 N–H and O–H groups in total. The number of nitroso groups, excluding NO2 is 1. The molecule has 0 spiro atoms. The van der Waals surface area contributed by atoms with E-state index in [2.05, 4.69) is 5.18 Å². The molecular weight excluding hydrogens is 256 g/mol. The van der Waals surface area contributed by atoms with Gasteiger partial charge in [0.2, 0.25) is 0 Å². The maximum Gasteiger partial charge on any atom is 0.199 e. The number of alkyl halides is 3. The van der Waals surface area contributed by atoms with Crippen molar-refractivity contribution in [3.8, 4) is 0 Å². The first-order chi connectivity index (χ1) is 6.72. The molecule has 0 aromatic carbocycles. The van der Waals surface area contributed by atoms with Crippen LogP contribution in [0.1, 0.15) is 20.8 Å². The molecule has 0 amide bonds. The van der Waals surface area contributed by atoms with Crippen LogP contribution in [0, 0.1) is 16.2 Å². The second-order valence-electron chi connectivity index (χ2n) is 4.04. The monoisotopic (exact) mass is 267 g/mol. The molecular formula is C10H12Cl3NO. The Labute approximate surface area is 104 Å². The molecule has 2 atom stereocenters. The summed E-state index contributed by atoms with van der Waals surface area (Å²) in [6, 6.07) is 0. The zero-order valence-electron chi connectivity index (χ0n) is 8.72. The summed E-state index contributed by atoms with van der Waals surface area (Å²) in [4.78, 5) is 10.5. The lowest BCUT2D eigenvalue weighted by Gasteiger charge is -2.40. The Hall–Kier alpha value is -0.0500. The van der Waals surface area contributed by atoms with Crippen molar-refractivity contribution in [3.63, 3.8) is 0 Å². The van der Waals surface area contributed by atoms with Crippen molar-refractivity contribution in [1.82, 2.24) is 0 Å². The maximum atomic E-state index is 10.5. The fourth-order valence-corrected chi connectivity index (χ4v) is 2.32. The molecule has 0 aromatic rings. The van der Waals surface area contributed by atoms with Crippen molar-refractivity contribution in [2.75, 3.05) is 0 Å². The van der Waals surface area contributed by atoms with Gasteiger partial charge in [-0.25, -0.2) is 0 Å². The quantitative estimate of drug-likeness (QED) is 0.504. The van der Waals surface area contributed by atoms with Crippen LogP contribution in [-0.2, 0) is 0 Å². The second kappa shape index (κ2) is 4.08. The molecule has 0 fully saturated rings. The molecule has 2 nitrogen and oxygen atoms in total. The fourth-order valence-electron chi connectivity index (χ4n) is 1.64. The Bertz CT molecular complexity index is 343. The van der Waals surface area contributed by atoms with Gasteiger partial charge in [-0.05, 0) is 23.6 Å². The predicted octanol–water partition coefficient (Wildman–Crippen LogP) is 4.61. The lowest BCUT2D eigenvalue weighted by molar-refractivity contribution is 0.326. The Morgan fingerprint density at radius 1 is 1.47 bits per heavy atom.